The highest BCUT2D eigenvalue weighted by Gasteiger charge is 2.14. The molecule has 0 fully saturated rings. The van der Waals surface area contributed by atoms with Gasteiger partial charge in [-0.15, -0.1) is 0 Å². The zero-order chi connectivity index (χ0) is 12.8. The Bertz CT molecular complexity index is 444. The standard InChI is InChI=1S/C12H12O5/c1-16-11(14)7-10(12(15)17-2)8-3-5-9(13)6-4-8/h3-7,13H,1-2H3. The van der Waals surface area contributed by atoms with Gasteiger partial charge in [-0.25, -0.2) is 9.59 Å². The number of hydrogen-bond donors (Lipinski definition) is 1. The summed E-state index contributed by atoms with van der Waals surface area (Å²) in [7, 11) is 2.43. The van der Waals surface area contributed by atoms with Gasteiger partial charge < -0.3 is 14.6 Å². The zero-order valence-corrected chi connectivity index (χ0v) is 9.47. The maximum absolute atomic E-state index is 11.5. The fourth-order valence-corrected chi connectivity index (χ4v) is 1.19. The third-order valence-electron chi connectivity index (χ3n) is 2.05. The summed E-state index contributed by atoms with van der Waals surface area (Å²) >= 11 is 0. The third kappa shape index (κ3) is 3.34. The molecule has 0 heterocycles. The minimum absolute atomic E-state index is 0.0658. The molecule has 0 unspecified atom stereocenters. The number of carbonyl (C=O) groups excluding carboxylic acids is 2. The van der Waals surface area contributed by atoms with Gasteiger partial charge in [0.1, 0.15) is 5.75 Å². The average molecular weight is 236 g/mol. The molecule has 0 aliphatic carbocycles. The van der Waals surface area contributed by atoms with Crippen molar-refractivity contribution < 1.29 is 24.2 Å². The summed E-state index contributed by atoms with van der Waals surface area (Å²) in [6.45, 7) is 0. The minimum Gasteiger partial charge on any atom is -0.508 e. The molecule has 0 saturated heterocycles. The second kappa shape index (κ2) is 5.69. The smallest absolute Gasteiger partial charge is 0.338 e. The summed E-state index contributed by atoms with van der Waals surface area (Å²) in [5.74, 6) is -1.24. The van der Waals surface area contributed by atoms with Crippen LogP contribution < -0.4 is 0 Å². The molecule has 1 aromatic rings. The summed E-state index contributed by atoms with van der Waals surface area (Å²) in [6, 6.07) is 5.81. The lowest BCUT2D eigenvalue weighted by Gasteiger charge is -2.05. The summed E-state index contributed by atoms with van der Waals surface area (Å²) in [5.41, 5.74) is 0.527. The molecule has 0 atom stereocenters. The Morgan fingerprint density at radius 1 is 1.12 bits per heavy atom. The lowest BCUT2D eigenvalue weighted by Crippen LogP contribution is -2.07. The second-order valence-corrected chi connectivity index (χ2v) is 3.12. The quantitative estimate of drug-likeness (QED) is 0.629. The molecule has 0 aromatic heterocycles. The van der Waals surface area contributed by atoms with E-state index >= 15 is 0 Å². The van der Waals surface area contributed by atoms with Crippen LogP contribution in [0.25, 0.3) is 5.57 Å². The van der Waals surface area contributed by atoms with Crippen LogP contribution in [0.1, 0.15) is 5.56 Å². The molecular formula is C12H12O5. The number of methoxy groups -OCH3 is 2. The van der Waals surface area contributed by atoms with Crippen LogP contribution in [0.4, 0.5) is 0 Å². The van der Waals surface area contributed by atoms with Crippen LogP contribution in [-0.4, -0.2) is 31.3 Å². The predicted octanol–water partition coefficient (Wildman–Crippen LogP) is 1.12. The summed E-state index contributed by atoms with van der Waals surface area (Å²) in [4.78, 5) is 22.6. The van der Waals surface area contributed by atoms with E-state index in [1.807, 2.05) is 0 Å². The monoisotopic (exact) mass is 236 g/mol. The molecule has 0 bridgehead atoms. The van der Waals surface area contributed by atoms with Crippen LogP contribution >= 0.6 is 0 Å². The highest BCUT2D eigenvalue weighted by Crippen LogP contribution is 2.19. The van der Waals surface area contributed by atoms with Crippen molar-refractivity contribution in [3.05, 3.63) is 35.9 Å². The Kier molecular flexibility index (Phi) is 4.28. The summed E-state index contributed by atoms with van der Waals surface area (Å²) in [5, 5.41) is 9.14. The molecule has 17 heavy (non-hydrogen) atoms. The van der Waals surface area contributed by atoms with Crippen molar-refractivity contribution in [1.82, 2.24) is 0 Å². The first-order valence-electron chi connectivity index (χ1n) is 4.76. The van der Waals surface area contributed by atoms with Gasteiger partial charge in [0.2, 0.25) is 0 Å². The molecule has 0 aliphatic heterocycles. The predicted molar refractivity (Wildman–Crippen MR) is 60.1 cm³/mol. The molecule has 1 aromatic carbocycles. The molecular weight excluding hydrogens is 224 g/mol. The number of esters is 2. The third-order valence-corrected chi connectivity index (χ3v) is 2.05. The molecule has 0 spiro atoms. The van der Waals surface area contributed by atoms with Gasteiger partial charge in [-0.3, -0.25) is 0 Å². The Morgan fingerprint density at radius 3 is 2.18 bits per heavy atom. The summed E-state index contributed by atoms with van der Waals surface area (Å²) < 4.78 is 9.01. The number of carbonyl (C=O) groups is 2. The Labute approximate surface area is 98.3 Å². The van der Waals surface area contributed by atoms with Gasteiger partial charge in [0, 0.05) is 6.08 Å². The van der Waals surface area contributed by atoms with Gasteiger partial charge in [-0.2, -0.15) is 0 Å². The number of ether oxygens (including phenoxy) is 2. The van der Waals surface area contributed by atoms with Gasteiger partial charge in [0.25, 0.3) is 0 Å². The zero-order valence-electron chi connectivity index (χ0n) is 9.47. The topological polar surface area (TPSA) is 72.8 Å². The number of aromatic hydroxyl groups is 1. The molecule has 0 radical (unpaired) electrons. The van der Waals surface area contributed by atoms with Gasteiger partial charge in [-0.05, 0) is 17.7 Å². The van der Waals surface area contributed by atoms with Gasteiger partial charge >= 0.3 is 11.9 Å². The van der Waals surface area contributed by atoms with Crippen LogP contribution in [0, 0.1) is 0 Å². The number of phenols is 1. The van der Waals surface area contributed by atoms with Crippen molar-refractivity contribution in [3.8, 4) is 5.75 Å². The molecule has 0 aliphatic rings. The van der Waals surface area contributed by atoms with Crippen LogP contribution in [0.2, 0.25) is 0 Å². The summed E-state index contributed by atoms with van der Waals surface area (Å²) in [6.07, 6.45) is 1.04. The van der Waals surface area contributed by atoms with Crippen molar-refractivity contribution in [3.63, 3.8) is 0 Å². The van der Waals surface area contributed by atoms with Gasteiger partial charge in [0.15, 0.2) is 0 Å². The molecule has 1 N–H and O–H groups in total. The lowest BCUT2D eigenvalue weighted by atomic mass is 10.1. The van der Waals surface area contributed by atoms with E-state index in [1.54, 1.807) is 0 Å². The number of rotatable bonds is 3. The molecule has 5 heteroatoms. The van der Waals surface area contributed by atoms with E-state index in [-0.39, 0.29) is 11.3 Å². The normalized spacial score (nSPS) is 10.8. The van der Waals surface area contributed by atoms with Gasteiger partial charge in [-0.1, -0.05) is 12.1 Å². The second-order valence-electron chi connectivity index (χ2n) is 3.12. The van der Waals surface area contributed by atoms with Crippen LogP contribution in [0.3, 0.4) is 0 Å². The van der Waals surface area contributed by atoms with E-state index in [1.165, 1.54) is 38.5 Å². The number of phenolic OH excluding ortho intramolecular Hbond substituents is 1. The maximum atomic E-state index is 11.5. The molecule has 0 saturated carbocycles. The van der Waals surface area contributed by atoms with E-state index in [9.17, 15) is 9.59 Å². The number of benzene rings is 1. The minimum atomic E-state index is -0.654. The van der Waals surface area contributed by atoms with Crippen LogP contribution in [-0.2, 0) is 19.1 Å². The van der Waals surface area contributed by atoms with Crippen molar-refractivity contribution in [2.24, 2.45) is 0 Å². The number of hydrogen-bond acceptors (Lipinski definition) is 5. The largest absolute Gasteiger partial charge is 0.508 e. The van der Waals surface area contributed by atoms with Crippen molar-refractivity contribution >= 4 is 17.5 Å². The van der Waals surface area contributed by atoms with Crippen LogP contribution in [0.15, 0.2) is 30.3 Å². The SMILES string of the molecule is COC(=O)C=C(C(=O)OC)c1ccc(O)cc1. The average Bonchev–Trinajstić information content (AvgIpc) is 2.36. The Hall–Kier alpha value is -2.30. The molecule has 0 amide bonds. The van der Waals surface area contributed by atoms with Crippen molar-refractivity contribution in [2.45, 2.75) is 0 Å². The van der Waals surface area contributed by atoms with Crippen molar-refractivity contribution in [1.29, 1.82) is 0 Å². The fourth-order valence-electron chi connectivity index (χ4n) is 1.19. The molecule has 5 nitrogen and oxygen atoms in total. The fraction of sp³-hybridized carbons (Fsp3) is 0.167. The van der Waals surface area contributed by atoms with E-state index in [0.29, 0.717) is 5.56 Å². The lowest BCUT2D eigenvalue weighted by molar-refractivity contribution is -0.136. The highest BCUT2D eigenvalue weighted by atomic mass is 16.5. The maximum Gasteiger partial charge on any atom is 0.338 e. The van der Waals surface area contributed by atoms with Gasteiger partial charge in [0.05, 0.1) is 19.8 Å². The Morgan fingerprint density at radius 2 is 1.71 bits per heavy atom. The van der Waals surface area contributed by atoms with E-state index in [4.69, 9.17) is 5.11 Å². The van der Waals surface area contributed by atoms with E-state index in [0.717, 1.165) is 6.08 Å². The Balaban J connectivity index is 3.15. The highest BCUT2D eigenvalue weighted by molar-refractivity contribution is 6.20. The first kappa shape index (κ1) is 12.8. The van der Waals surface area contributed by atoms with Crippen LogP contribution in [0.5, 0.6) is 5.75 Å². The van der Waals surface area contributed by atoms with E-state index < -0.39 is 11.9 Å². The van der Waals surface area contributed by atoms with Crippen molar-refractivity contribution in [2.75, 3.05) is 14.2 Å². The van der Waals surface area contributed by atoms with E-state index in [2.05, 4.69) is 9.47 Å². The first-order valence-corrected chi connectivity index (χ1v) is 4.76. The molecule has 90 valence electrons. The molecule has 1 rings (SSSR count). The first-order chi connectivity index (χ1) is 8.08.